The number of nitrogens with two attached hydrogens (primary N) is 1. The van der Waals surface area contributed by atoms with Gasteiger partial charge >= 0.3 is 0 Å². The molecule has 1 aliphatic heterocycles. The van der Waals surface area contributed by atoms with Gasteiger partial charge in [0.15, 0.2) is 17.7 Å². The molecule has 22 heavy (non-hydrogen) atoms. The quantitative estimate of drug-likeness (QED) is 0.542. The highest BCUT2D eigenvalue weighted by Crippen LogP contribution is 2.52. The average Bonchev–Trinajstić information content (AvgIpc) is 3.02. The summed E-state index contributed by atoms with van der Waals surface area (Å²) in [6, 6.07) is 0. The van der Waals surface area contributed by atoms with E-state index in [-0.39, 0.29) is 18.3 Å². The number of ether oxygens (including phenoxy) is 1. The first kappa shape index (κ1) is 13.8. The van der Waals surface area contributed by atoms with E-state index in [1.54, 1.807) is 4.57 Å². The number of aromatic nitrogens is 4. The molecule has 9 heteroatoms. The van der Waals surface area contributed by atoms with Crippen molar-refractivity contribution in [1.82, 2.24) is 19.5 Å². The summed E-state index contributed by atoms with van der Waals surface area (Å²) >= 11 is 0. The van der Waals surface area contributed by atoms with Crippen molar-refractivity contribution in [3.8, 4) is 0 Å². The molecule has 1 aliphatic carbocycles. The van der Waals surface area contributed by atoms with Crippen molar-refractivity contribution in [2.75, 3.05) is 12.3 Å². The summed E-state index contributed by atoms with van der Waals surface area (Å²) < 4.78 is 7.51. The molecule has 4 rings (SSSR count). The van der Waals surface area contributed by atoms with E-state index in [9.17, 15) is 15.3 Å². The van der Waals surface area contributed by atoms with Gasteiger partial charge in [-0.05, 0) is 12.8 Å². The molecule has 2 fully saturated rings. The highest BCUT2D eigenvalue weighted by molar-refractivity contribution is 5.81. The van der Waals surface area contributed by atoms with E-state index in [2.05, 4.69) is 15.0 Å². The maximum Gasteiger partial charge on any atom is 0.167 e. The van der Waals surface area contributed by atoms with E-state index >= 15 is 0 Å². The smallest absolute Gasteiger partial charge is 0.167 e. The predicted molar refractivity (Wildman–Crippen MR) is 74.4 cm³/mol. The second kappa shape index (κ2) is 4.59. The largest absolute Gasteiger partial charge is 0.396 e. The van der Waals surface area contributed by atoms with Crippen LogP contribution in [0.5, 0.6) is 0 Å². The Morgan fingerprint density at radius 1 is 1.36 bits per heavy atom. The maximum absolute atomic E-state index is 10.4. The van der Waals surface area contributed by atoms with Crippen LogP contribution in [-0.4, -0.2) is 59.3 Å². The van der Waals surface area contributed by atoms with Crippen molar-refractivity contribution in [3.63, 3.8) is 0 Å². The van der Waals surface area contributed by atoms with Crippen LogP contribution >= 0.6 is 0 Å². The molecule has 5 atom stereocenters. The van der Waals surface area contributed by atoms with Crippen LogP contribution in [0, 0.1) is 5.92 Å². The molecule has 9 nitrogen and oxygen atoms in total. The van der Waals surface area contributed by atoms with Gasteiger partial charge in [0, 0.05) is 12.5 Å². The van der Waals surface area contributed by atoms with Gasteiger partial charge in [0.2, 0.25) is 0 Å². The topological polar surface area (TPSA) is 140 Å². The summed E-state index contributed by atoms with van der Waals surface area (Å²) in [4.78, 5) is 12.1. The summed E-state index contributed by atoms with van der Waals surface area (Å²) in [7, 11) is 0. The van der Waals surface area contributed by atoms with E-state index in [1.807, 2.05) is 0 Å². The lowest BCUT2D eigenvalue weighted by Crippen LogP contribution is -2.57. The van der Waals surface area contributed by atoms with Gasteiger partial charge in [-0.1, -0.05) is 0 Å². The average molecular weight is 307 g/mol. The highest BCUT2D eigenvalue weighted by Gasteiger charge is 2.62. The van der Waals surface area contributed by atoms with Crippen LogP contribution in [0.2, 0.25) is 0 Å². The second-order valence-electron chi connectivity index (χ2n) is 5.90. The van der Waals surface area contributed by atoms with Gasteiger partial charge in [-0.15, -0.1) is 0 Å². The Morgan fingerprint density at radius 2 is 2.18 bits per heavy atom. The number of fused-ring (bicyclic) bond motifs is 1. The lowest BCUT2D eigenvalue weighted by Gasteiger charge is -2.47. The fourth-order valence-corrected chi connectivity index (χ4v) is 3.51. The van der Waals surface area contributed by atoms with Crippen LogP contribution in [0.25, 0.3) is 11.2 Å². The fraction of sp³-hybridized carbons (Fsp3) is 0.615. The van der Waals surface area contributed by atoms with Crippen LogP contribution in [-0.2, 0) is 4.74 Å². The van der Waals surface area contributed by atoms with Gasteiger partial charge in [0.1, 0.15) is 29.7 Å². The zero-order chi connectivity index (χ0) is 15.5. The molecule has 0 bridgehead atoms. The lowest BCUT2D eigenvalue weighted by atomic mass is 9.66. The maximum atomic E-state index is 10.4. The number of nitrogen functional groups attached to an aromatic ring is 1. The molecule has 5 N–H and O–H groups in total. The first-order chi connectivity index (χ1) is 10.6. The summed E-state index contributed by atoms with van der Waals surface area (Å²) in [6.07, 6.45) is 1.08. The number of aliphatic hydroxyl groups excluding tert-OH is 3. The zero-order valence-electron chi connectivity index (χ0n) is 11.7. The van der Waals surface area contributed by atoms with E-state index in [0.29, 0.717) is 17.6 Å². The molecule has 2 unspecified atom stereocenters. The number of aliphatic hydroxyl groups is 3. The third-order valence-corrected chi connectivity index (χ3v) is 4.91. The molecule has 1 spiro atoms. The van der Waals surface area contributed by atoms with Crippen molar-refractivity contribution in [1.29, 1.82) is 0 Å². The zero-order valence-corrected chi connectivity index (χ0v) is 11.7. The molecule has 3 heterocycles. The molecule has 0 radical (unpaired) electrons. The minimum atomic E-state index is -1.14. The molecule has 118 valence electrons. The Morgan fingerprint density at radius 3 is 2.86 bits per heavy atom. The van der Waals surface area contributed by atoms with Gasteiger partial charge in [-0.25, -0.2) is 15.0 Å². The first-order valence-corrected chi connectivity index (χ1v) is 7.16. The SMILES string of the molecule is Nc1ncnc2c1ncn2C1O[C@@]2(CC[C@@H]2CO)[C@H](O)C1O. The standard InChI is InChI=1S/C13H17N5O4/c14-10-7-11(16-4-15-10)18(5-17-7)12-8(20)9(21)13(22-12)2-1-6(13)3-19/h4-6,8-9,12,19-21H,1-3H2,(H2,14,15,16)/t6-,8?,9-,12?,13-/m1/s1. The molecule has 0 amide bonds. The van der Waals surface area contributed by atoms with Gasteiger partial charge in [-0.2, -0.15) is 0 Å². The number of hydrogen-bond donors (Lipinski definition) is 4. The Bertz CT molecular complexity index is 720. The first-order valence-electron chi connectivity index (χ1n) is 7.16. The highest BCUT2D eigenvalue weighted by atomic mass is 16.6. The van der Waals surface area contributed by atoms with E-state index in [4.69, 9.17) is 10.5 Å². The normalized spacial score (nSPS) is 37.8. The molecular weight excluding hydrogens is 290 g/mol. The van der Waals surface area contributed by atoms with Crippen molar-refractivity contribution in [3.05, 3.63) is 12.7 Å². The minimum Gasteiger partial charge on any atom is -0.396 e. The number of nitrogens with zero attached hydrogens (tertiary/aromatic N) is 4. The molecule has 2 aromatic rings. The molecule has 0 aromatic carbocycles. The van der Waals surface area contributed by atoms with Crippen LogP contribution in [0.1, 0.15) is 19.1 Å². The molecule has 1 saturated heterocycles. The lowest BCUT2D eigenvalue weighted by molar-refractivity contribution is -0.194. The minimum absolute atomic E-state index is 0.0870. The van der Waals surface area contributed by atoms with Gasteiger partial charge in [0.25, 0.3) is 0 Å². The molecule has 2 aromatic heterocycles. The number of anilines is 1. The van der Waals surface area contributed by atoms with Gasteiger partial charge < -0.3 is 25.8 Å². The van der Waals surface area contributed by atoms with Crippen LogP contribution < -0.4 is 5.73 Å². The van der Waals surface area contributed by atoms with Crippen LogP contribution in [0.15, 0.2) is 12.7 Å². The Labute approximate surface area is 125 Å². The van der Waals surface area contributed by atoms with Crippen molar-refractivity contribution >= 4 is 17.0 Å². The van der Waals surface area contributed by atoms with Crippen LogP contribution in [0.3, 0.4) is 0 Å². The number of imidazole rings is 1. The Kier molecular flexibility index (Phi) is 2.89. The summed E-state index contributed by atoms with van der Waals surface area (Å²) in [6.45, 7) is -0.0870. The molecule has 1 saturated carbocycles. The van der Waals surface area contributed by atoms with E-state index in [1.165, 1.54) is 12.7 Å². The third kappa shape index (κ3) is 1.59. The van der Waals surface area contributed by atoms with Crippen molar-refractivity contribution in [2.45, 2.75) is 36.9 Å². The van der Waals surface area contributed by atoms with Gasteiger partial charge in [-0.3, -0.25) is 4.57 Å². The van der Waals surface area contributed by atoms with E-state index in [0.717, 1.165) is 6.42 Å². The summed E-state index contributed by atoms with van der Waals surface area (Å²) in [5.41, 5.74) is 5.69. The van der Waals surface area contributed by atoms with E-state index < -0.39 is 24.0 Å². The number of hydrogen-bond acceptors (Lipinski definition) is 8. The molecular formula is C13H17N5O4. The summed E-state index contributed by atoms with van der Waals surface area (Å²) in [5, 5.41) is 30.2. The van der Waals surface area contributed by atoms with Gasteiger partial charge in [0.05, 0.1) is 6.33 Å². The Balaban J connectivity index is 1.75. The molecule has 2 aliphatic rings. The number of rotatable bonds is 2. The Hall–Kier alpha value is -1.81. The third-order valence-electron chi connectivity index (χ3n) is 4.91. The fourth-order valence-electron chi connectivity index (χ4n) is 3.51. The van der Waals surface area contributed by atoms with Crippen LogP contribution in [0.4, 0.5) is 5.82 Å². The van der Waals surface area contributed by atoms with Crippen molar-refractivity contribution < 1.29 is 20.1 Å². The van der Waals surface area contributed by atoms with Crippen molar-refractivity contribution in [2.24, 2.45) is 5.92 Å². The second-order valence-corrected chi connectivity index (χ2v) is 5.90. The monoisotopic (exact) mass is 307 g/mol. The summed E-state index contributed by atoms with van der Waals surface area (Å²) in [5.74, 6) is 0.0556. The predicted octanol–water partition coefficient (Wildman–Crippen LogP) is -1.20.